The summed E-state index contributed by atoms with van der Waals surface area (Å²) in [6.07, 6.45) is 1.05. The van der Waals surface area contributed by atoms with Crippen LogP contribution < -0.4 is 10.6 Å². The van der Waals surface area contributed by atoms with Gasteiger partial charge in [-0.3, -0.25) is 14.4 Å². The molecule has 0 saturated carbocycles. The van der Waals surface area contributed by atoms with E-state index in [0.717, 1.165) is 5.52 Å². The second kappa shape index (κ2) is 7.24. The van der Waals surface area contributed by atoms with Crippen LogP contribution in [0.4, 0.5) is 0 Å². The third kappa shape index (κ3) is 2.70. The minimum absolute atomic E-state index is 0.0119. The highest BCUT2D eigenvalue weighted by atomic mass is 16.5. The summed E-state index contributed by atoms with van der Waals surface area (Å²) in [5.41, 5.74) is -0.444. The summed E-state index contributed by atoms with van der Waals surface area (Å²) in [6.45, 7) is 1.59. The van der Waals surface area contributed by atoms with Gasteiger partial charge in [0.15, 0.2) is 0 Å². The average molecular weight is 442 g/mol. The van der Waals surface area contributed by atoms with E-state index in [2.05, 4.69) is 20.9 Å². The number of β-amino-alcohol motifs (C(OH)–C–C–N with tert-alkyl or cyclic N) is 1. The van der Waals surface area contributed by atoms with Gasteiger partial charge in [-0.25, -0.2) is 4.68 Å². The van der Waals surface area contributed by atoms with Crippen LogP contribution in [-0.4, -0.2) is 80.2 Å². The van der Waals surface area contributed by atoms with Crippen LogP contribution in [0.5, 0.6) is 0 Å². The number of carbonyl (C=O) groups is 3. The average Bonchev–Trinajstić information content (AvgIpc) is 3.48. The first-order valence-corrected chi connectivity index (χ1v) is 10.8. The molecule has 3 aliphatic rings. The van der Waals surface area contributed by atoms with Gasteiger partial charge >= 0.3 is 0 Å². The van der Waals surface area contributed by atoms with Gasteiger partial charge in [-0.2, -0.15) is 0 Å². The van der Waals surface area contributed by atoms with Crippen molar-refractivity contribution in [3.8, 4) is 0 Å². The summed E-state index contributed by atoms with van der Waals surface area (Å²) < 4.78 is 7.96. The second-order valence-electron chi connectivity index (χ2n) is 8.87. The number of aromatic nitrogens is 3. The molecule has 11 nitrogen and oxygen atoms in total. The number of nitrogens with zero attached hydrogens (tertiary/aromatic N) is 4. The lowest BCUT2D eigenvalue weighted by molar-refractivity contribution is -0.146. The van der Waals surface area contributed by atoms with Crippen molar-refractivity contribution >= 4 is 28.8 Å². The van der Waals surface area contributed by atoms with E-state index >= 15 is 0 Å². The molecule has 2 bridgehead atoms. The van der Waals surface area contributed by atoms with Crippen LogP contribution in [0, 0.1) is 11.8 Å². The van der Waals surface area contributed by atoms with Gasteiger partial charge in [-0.15, -0.1) is 5.10 Å². The minimum Gasteiger partial charge on any atom is -0.395 e. The molecule has 0 aliphatic carbocycles. The van der Waals surface area contributed by atoms with Crippen molar-refractivity contribution in [2.24, 2.45) is 11.8 Å². The molecule has 3 amide bonds. The molecule has 11 heteroatoms. The summed E-state index contributed by atoms with van der Waals surface area (Å²) in [7, 11) is 1.53. The molecule has 3 fully saturated rings. The molecule has 32 heavy (non-hydrogen) atoms. The Kier molecular flexibility index (Phi) is 4.71. The normalized spacial score (nSPS) is 33.0. The Bertz CT molecular complexity index is 1100. The number of aliphatic hydroxyl groups is 1. The highest BCUT2D eigenvalue weighted by molar-refractivity contribution is 5.99. The van der Waals surface area contributed by atoms with Crippen LogP contribution in [0.15, 0.2) is 24.3 Å². The van der Waals surface area contributed by atoms with Crippen molar-refractivity contribution in [1.82, 2.24) is 30.5 Å². The molecule has 1 aromatic carbocycles. The maximum Gasteiger partial charge on any atom is 0.247 e. The number of rotatable bonds is 6. The van der Waals surface area contributed by atoms with Gasteiger partial charge < -0.3 is 25.4 Å². The molecule has 3 N–H and O–H groups in total. The number of carbonyl (C=O) groups excluding carboxylic acids is 3. The van der Waals surface area contributed by atoms with Gasteiger partial charge in [-0.1, -0.05) is 17.3 Å². The number of amides is 3. The second-order valence-corrected chi connectivity index (χ2v) is 8.87. The summed E-state index contributed by atoms with van der Waals surface area (Å²) in [5.74, 6) is -2.47. The first kappa shape index (κ1) is 20.8. The number of fused-ring (bicyclic) bond motifs is 2. The fourth-order valence-corrected chi connectivity index (χ4v) is 5.91. The first-order chi connectivity index (χ1) is 15.4. The fourth-order valence-electron chi connectivity index (χ4n) is 5.91. The molecule has 0 radical (unpaired) electrons. The molecular formula is C21H26N6O5. The smallest absolute Gasteiger partial charge is 0.247 e. The van der Waals surface area contributed by atoms with E-state index in [1.54, 1.807) is 4.68 Å². The van der Waals surface area contributed by atoms with Gasteiger partial charge in [-0.05, 0) is 31.9 Å². The molecule has 5 rings (SSSR count). The van der Waals surface area contributed by atoms with Crippen LogP contribution in [0.25, 0.3) is 11.0 Å². The van der Waals surface area contributed by atoms with Gasteiger partial charge in [0.25, 0.3) is 0 Å². The summed E-state index contributed by atoms with van der Waals surface area (Å²) >= 11 is 0. The van der Waals surface area contributed by atoms with E-state index in [-0.39, 0.29) is 31.6 Å². The Labute approximate surface area is 184 Å². The number of hydrogen-bond acceptors (Lipinski definition) is 7. The van der Waals surface area contributed by atoms with Crippen LogP contribution >= 0.6 is 0 Å². The van der Waals surface area contributed by atoms with Gasteiger partial charge in [0.1, 0.15) is 23.8 Å². The molecular weight excluding hydrogens is 416 g/mol. The Morgan fingerprint density at radius 1 is 1.28 bits per heavy atom. The van der Waals surface area contributed by atoms with Crippen molar-refractivity contribution < 1.29 is 24.2 Å². The van der Waals surface area contributed by atoms with E-state index in [1.807, 2.05) is 31.2 Å². The maximum absolute atomic E-state index is 13.5. The van der Waals surface area contributed by atoms with Crippen molar-refractivity contribution in [2.45, 2.75) is 43.7 Å². The van der Waals surface area contributed by atoms with Crippen molar-refractivity contribution in [3.05, 3.63) is 24.3 Å². The molecule has 170 valence electrons. The molecule has 3 saturated heterocycles. The van der Waals surface area contributed by atoms with E-state index in [1.165, 1.54) is 11.9 Å². The number of benzene rings is 1. The van der Waals surface area contributed by atoms with E-state index in [4.69, 9.17) is 4.74 Å². The topological polar surface area (TPSA) is 139 Å². The lowest BCUT2D eigenvalue weighted by atomic mass is 9.66. The van der Waals surface area contributed by atoms with E-state index < -0.39 is 35.0 Å². The molecule has 2 aromatic rings. The standard InChI is InChI=1S/C21H26N6O5/c1-20-7-8-21(32-20)15(14(20)17(29)22-2)19(31)26(9-10-28)16(21)18(30)23-11-27-13-6-4-3-5-12(13)24-25-27/h3-6,14-16,28H,7-11H2,1-2H3,(H,22,29)(H,23,30)/t14-,15+,16?,20+,21?/m1/s1. The predicted octanol–water partition coefficient (Wildman–Crippen LogP) is -0.992. The lowest BCUT2D eigenvalue weighted by Crippen LogP contribution is -2.55. The monoisotopic (exact) mass is 442 g/mol. The zero-order chi connectivity index (χ0) is 22.7. The number of para-hydroxylation sites is 1. The highest BCUT2D eigenvalue weighted by Crippen LogP contribution is 2.62. The predicted molar refractivity (Wildman–Crippen MR) is 111 cm³/mol. The van der Waals surface area contributed by atoms with Crippen LogP contribution in [0.3, 0.4) is 0 Å². The van der Waals surface area contributed by atoms with Crippen LogP contribution in [0.1, 0.15) is 19.8 Å². The van der Waals surface area contributed by atoms with Crippen molar-refractivity contribution in [2.75, 3.05) is 20.2 Å². The number of aliphatic hydroxyl groups excluding tert-OH is 1. The minimum atomic E-state index is -1.10. The zero-order valence-electron chi connectivity index (χ0n) is 17.9. The SMILES string of the molecule is CNC(=O)[C@H]1[C@H]2C(=O)N(CCO)C(C(=O)NCn3nnc4ccccc43)C23CC[C@]1(C)O3. The Balaban J connectivity index is 1.46. The molecule has 3 aliphatic heterocycles. The molecule has 5 atom stereocenters. The van der Waals surface area contributed by atoms with E-state index in [0.29, 0.717) is 18.4 Å². The largest absolute Gasteiger partial charge is 0.395 e. The Morgan fingerprint density at radius 2 is 2.06 bits per heavy atom. The Hall–Kier alpha value is -3.05. The molecule has 2 unspecified atom stereocenters. The number of likely N-dealkylation sites (tertiary alicyclic amines) is 1. The van der Waals surface area contributed by atoms with Crippen LogP contribution in [0.2, 0.25) is 0 Å². The lowest BCUT2D eigenvalue weighted by Gasteiger charge is -2.33. The maximum atomic E-state index is 13.5. The summed E-state index contributed by atoms with van der Waals surface area (Å²) in [5, 5.41) is 23.2. The molecule has 1 spiro atoms. The molecule has 1 aromatic heterocycles. The summed E-state index contributed by atoms with van der Waals surface area (Å²) in [4.78, 5) is 40.9. The summed E-state index contributed by atoms with van der Waals surface area (Å²) in [6, 6.07) is 6.44. The van der Waals surface area contributed by atoms with Gasteiger partial charge in [0.05, 0.1) is 29.6 Å². The third-order valence-corrected chi connectivity index (χ3v) is 7.22. The quantitative estimate of drug-likeness (QED) is 0.522. The fraction of sp³-hybridized carbons (Fsp3) is 0.571. The van der Waals surface area contributed by atoms with Crippen LogP contribution in [-0.2, 0) is 25.8 Å². The third-order valence-electron chi connectivity index (χ3n) is 7.22. The first-order valence-electron chi connectivity index (χ1n) is 10.8. The number of nitrogens with one attached hydrogen (secondary N) is 2. The molecule has 4 heterocycles. The number of ether oxygens (including phenoxy) is 1. The zero-order valence-corrected chi connectivity index (χ0v) is 17.9. The Morgan fingerprint density at radius 3 is 2.81 bits per heavy atom. The van der Waals surface area contributed by atoms with Crippen molar-refractivity contribution in [3.63, 3.8) is 0 Å². The highest BCUT2D eigenvalue weighted by Gasteiger charge is 2.77. The van der Waals surface area contributed by atoms with Crippen molar-refractivity contribution in [1.29, 1.82) is 0 Å². The van der Waals surface area contributed by atoms with Gasteiger partial charge in [0, 0.05) is 13.6 Å². The van der Waals surface area contributed by atoms with E-state index in [9.17, 15) is 19.5 Å². The van der Waals surface area contributed by atoms with Gasteiger partial charge in [0.2, 0.25) is 17.7 Å². The number of hydrogen-bond donors (Lipinski definition) is 3.